The van der Waals surface area contributed by atoms with Crippen molar-refractivity contribution in [1.82, 2.24) is 14.9 Å². The molecule has 1 heterocycles. The third-order valence-electron chi connectivity index (χ3n) is 3.40. The predicted molar refractivity (Wildman–Crippen MR) is 91.4 cm³/mol. The molecular weight excluding hydrogens is 326 g/mol. The van der Waals surface area contributed by atoms with Crippen LogP contribution >= 0.6 is 15.9 Å². The smallest absolute Gasteiger partial charge is 0.108 e. The van der Waals surface area contributed by atoms with Gasteiger partial charge in [0.1, 0.15) is 5.82 Å². The minimum atomic E-state index is 0.137. The molecular formula is C17H24BrN3. The Labute approximate surface area is 135 Å². The Morgan fingerprint density at radius 1 is 1.29 bits per heavy atom. The van der Waals surface area contributed by atoms with E-state index in [1.54, 1.807) is 0 Å². The average Bonchev–Trinajstić information content (AvgIpc) is 2.85. The molecule has 0 atom stereocenters. The minimum Gasteiger partial charge on any atom is -0.330 e. The average molecular weight is 350 g/mol. The van der Waals surface area contributed by atoms with Crippen molar-refractivity contribution in [2.45, 2.75) is 52.7 Å². The van der Waals surface area contributed by atoms with E-state index in [9.17, 15) is 0 Å². The summed E-state index contributed by atoms with van der Waals surface area (Å²) < 4.78 is 3.36. The first-order chi connectivity index (χ1) is 9.89. The van der Waals surface area contributed by atoms with Crippen molar-refractivity contribution in [3.8, 4) is 0 Å². The summed E-state index contributed by atoms with van der Waals surface area (Å²) in [6.07, 6.45) is 4.87. The van der Waals surface area contributed by atoms with Crippen LogP contribution in [0.15, 0.2) is 35.1 Å². The van der Waals surface area contributed by atoms with Crippen LogP contribution in [0.3, 0.4) is 0 Å². The molecule has 0 bridgehead atoms. The number of halogens is 1. The van der Waals surface area contributed by atoms with Crippen LogP contribution in [0.4, 0.5) is 0 Å². The second-order valence-electron chi connectivity index (χ2n) is 6.35. The van der Waals surface area contributed by atoms with Crippen LogP contribution in [0.1, 0.15) is 44.6 Å². The first kappa shape index (κ1) is 16.2. The maximum absolute atomic E-state index is 4.37. The van der Waals surface area contributed by atoms with Crippen LogP contribution in [0.5, 0.6) is 0 Å². The van der Waals surface area contributed by atoms with Crippen molar-refractivity contribution < 1.29 is 0 Å². The third kappa shape index (κ3) is 4.68. The number of hydrogen-bond donors (Lipinski definition) is 1. The number of aromatic nitrogens is 2. The summed E-state index contributed by atoms with van der Waals surface area (Å²) in [7, 11) is 0. The number of rotatable bonds is 5. The summed E-state index contributed by atoms with van der Waals surface area (Å²) in [5.41, 5.74) is 2.71. The van der Waals surface area contributed by atoms with Crippen LogP contribution in [-0.4, -0.2) is 15.1 Å². The van der Waals surface area contributed by atoms with Crippen LogP contribution < -0.4 is 5.32 Å². The van der Waals surface area contributed by atoms with E-state index < -0.39 is 0 Å². The standard InChI is InChI=1S/C17H24BrN3/c1-5-16-19-8-9-21(16)12-14-7-6-13(10-15(14)18)11-20-17(2,3)4/h6-10,20H,5,11-12H2,1-4H3. The molecule has 0 saturated heterocycles. The van der Waals surface area contributed by atoms with Crippen molar-refractivity contribution in [2.75, 3.05) is 0 Å². The van der Waals surface area contributed by atoms with Gasteiger partial charge < -0.3 is 9.88 Å². The van der Waals surface area contributed by atoms with Crippen molar-refractivity contribution in [3.63, 3.8) is 0 Å². The highest BCUT2D eigenvalue weighted by Crippen LogP contribution is 2.21. The Balaban J connectivity index is 2.09. The van der Waals surface area contributed by atoms with Gasteiger partial charge in [0.15, 0.2) is 0 Å². The molecule has 114 valence electrons. The zero-order chi connectivity index (χ0) is 15.5. The first-order valence-corrected chi connectivity index (χ1v) is 8.20. The Morgan fingerprint density at radius 2 is 2.05 bits per heavy atom. The van der Waals surface area contributed by atoms with E-state index in [4.69, 9.17) is 0 Å². The van der Waals surface area contributed by atoms with Gasteiger partial charge in [-0.15, -0.1) is 0 Å². The Morgan fingerprint density at radius 3 is 2.67 bits per heavy atom. The van der Waals surface area contributed by atoms with Gasteiger partial charge in [-0.25, -0.2) is 4.98 Å². The van der Waals surface area contributed by atoms with Gasteiger partial charge in [-0.3, -0.25) is 0 Å². The number of nitrogens with one attached hydrogen (secondary N) is 1. The molecule has 0 radical (unpaired) electrons. The number of benzene rings is 1. The molecule has 0 unspecified atom stereocenters. The van der Waals surface area contributed by atoms with Crippen LogP contribution in [-0.2, 0) is 19.5 Å². The maximum atomic E-state index is 4.37. The molecule has 0 aliphatic rings. The lowest BCUT2D eigenvalue weighted by atomic mass is 10.1. The molecule has 0 amide bonds. The van der Waals surface area contributed by atoms with Gasteiger partial charge >= 0.3 is 0 Å². The molecule has 0 spiro atoms. The zero-order valence-electron chi connectivity index (χ0n) is 13.3. The molecule has 4 heteroatoms. The molecule has 0 fully saturated rings. The fourth-order valence-electron chi connectivity index (χ4n) is 2.18. The number of nitrogens with zero attached hydrogens (tertiary/aromatic N) is 2. The predicted octanol–water partition coefficient (Wildman–Crippen LogP) is 4.14. The lowest BCUT2D eigenvalue weighted by molar-refractivity contribution is 0.424. The molecule has 2 aromatic rings. The fraction of sp³-hybridized carbons (Fsp3) is 0.471. The van der Waals surface area contributed by atoms with Crippen molar-refractivity contribution in [3.05, 3.63) is 52.0 Å². The molecule has 3 nitrogen and oxygen atoms in total. The van der Waals surface area contributed by atoms with Crippen molar-refractivity contribution in [2.24, 2.45) is 0 Å². The monoisotopic (exact) mass is 349 g/mol. The second-order valence-corrected chi connectivity index (χ2v) is 7.21. The van der Waals surface area contributed by atoms with Gasteiger partial charge in [0.2, 0.25) is 0 Å². The van der Waals surface area contributed by atoms with Gasteiger partial charge in [0.25, 0.3) is 0 Å². The molecule has 21 heavy (non-hydrogen) atoms. The molecule has 0 saturated carbocycles. The normalized spacial score (nSPS) is 11.9. The summed E-state index contributed by atoms with van der Waals surface area (Å²) >= 11 is 3.70. The minimum absolute atomic E-state index is 0.137. The van der Waals surface area contributed by atoms with E-state index >= 15 is 0 Å². The van der Waals surface area contributed by atoms with Crippen LogP contribution in [0.2, 0.25) is 0 Å². The Bertz CT molecular complexity index is 596. The first-order valence-electron chi connectivity index (χ1n) is 7.41. The van der Waals surface area contributed by atoms with Crippen molar-refractivity contribution in [1.29, 1.82) is 0 Å². The molecule has 1 aromatic heterocycles. The van der Waals surface area contributed by atoms with Gasteiger partial charge in [-0.1, -0.05) is 35.0 Å². The van der Waals surface area contributed by atoms with Crippen LogP contribution in [0, 0.1) is 0 Å². The number of aryl methyl sites for hydroxylation is 1. The summed E-state index contributed by atoms with van der Waals surface area (Å²) in [5, 5.41) is 3.51. The van der Waals surface area contributed by atoms with Crippen molar-refractivity contribution >= 4 is 15.9 Å². The maximum Gasteiger partial charge on any atom is 0.108 e. The highest BCUT2D eigenvalue weighted by molar-refractivity contribution is 9.10. The fourth-order valence-corrected chi connectivity index (χ4v) is 2.73. The molecule has 0 aliphatic carbocycles. The van der Waals surface area contributed by atoms with E-state index in [-0.39, 0.29) is 5.54 Å². The Kier molecular flexibility index (Phi) is 5.22. The topological polar surface area (TPSA) is 29.9 Å². The Hall–Kier alpha value is -1.13. The lowest BCUT2D eigenvalue weighted by Crippen LogP contribution is -2.35. The van der Waals surface area contributed by atoms with Crippen LogP contribution in [0.25, 0.3) is 0 Å². The molecule has 1 aromatic carbocycles. The van der Waals surface area contributed by atoms with E-state index in [1.165, 1.54) is 11.1 Å². The number of imidazole rings is 1. The highest BCUT2D eigenvalue weighted by atomic mass is 79.9. The van der Waals surface area contributed by atoms with Gasteiger partial charge in [-0.05, 0) is 38.0 Å². The van der Waals surface area contributed by atoms with E-state index in [2.05, 4.69) is 76.7 Å². The van der Waals surface area contributed by atoms with Gasteiger partial charge in [-0.2, -0.15) is 0 Å². The summed E-state index contributed by atoms with van der Waals surface area (Å²) in [6.45, 7) is 10.4. The summed E-state index contributed by atoms with van der Waals surface area (Å²) in [5.74, 6) is 1.13. The highest BCUT2D eigenvalue weighted by Gasteiger charge is 2.10. The van der Waals surface area contributed by atoms with E-state index in [0.29, 0.717) is 0 Å². The summed E-state index contributed by atoms with van der Waals surface area (Å²) in [6, 6.07) is 6.60. The SMILES string of the molecule is CCc1nccn1Cc1ccc(CNC(C)(C)C)cc1Br. The number of hydrogen-bond acceptors (Lipinski definition) is 2. The van der Waals surface area contributed by atoms with Gasteiger partial charge in [0, 0.05) is 41.9 Å². The molecule has 0 aliphatic heterocycles. The quantitative estimate of drug-likeness (QED) is 0.878. The molecule has 2 rings (SSSR count). The summed E-state index contributed by atoms with van der Waals surface area (Å²) in [4.78, 5) is 4.37. The van der Waals surface area contributed by atoms with E-state index in [0.717, 1.165) is 29.8 Å². The third-order valence-corrected chi connectivity index (χ3v) is 4.14. The zero-order valence-corrected chi connectivity index (χ0v) is 14.9. The lowest BCUT2D eigenvalue weighted by Gasteiger charge is -2.21. The van der Waals surface area contributed by atoms with Gasteiger partial charge in [0.05, 0.1) is 0 Å². The largest absolute Gasteiger partial charge is 0.330 e. The molecule has 1 N–H and O–H groups in total. The van der Waals surface area contributed by atoms with E-state index in [1.807, 2.05) is 12.4 Å². The second kappa shape index (κ2) is 6.75.